The Hall–Kier alpha value is -1.02. The second-order valence-corrected chi connectivity index (χ2v) is 3.45. The highest BCUT2D eigenvalue weighted by atomic mass is 16.5. The molecule has 0 saturated heterocycles. The zero-order chi connectivity index (χ0) is 10.4. The molecular formula is C12H18O2. The summed E-state index contributed by atoms with van der Waals surface area (Å²) in [4.78, 5) is 0. The average Bonchev–Trinajstić information content (AvgIpc) is 2.19. The highest BCUT2D eigenvalue weighted by Crippen LogP contribution is 2.17. The van der Waals surface area contributed by atoms with Gasteiger partial charge in [-0.15, -0.1) is 0 Å². The summed E-state index contributed by atoms with van der Waals surface area (Å²) in [7, 11) is 0. The Bertz CT molecular complexity index is 252. The lowest BCUT2D eigenvalue weighted by Gasteiger charge is -2.07. The number of aliphatic hydroxyl groups excluding tert-OH is 1. The van der Waals surface area contributed by atoms with E-state index in [1.807, 2.05) is 24.3 Å². The van der Waals surface area contributed by atoms with Crippen LogP contribution >= 0.6 is 0 Å². The van der Waals surface area contributed by atoms with Gasteiger partial charge in [-0.2, -0.15) is 0 Å². The minimum absolute atomic E-state index is 0.403. The number of benzene rings is 1. The molecule has 1 aromatic rings. The van der Waals surface area contributed by atoms with E-state index in [4.69, 9.17) is 4.74 Å². The van der Waals surface area contributed by atoms with E-state index in [9.17, 15) is 5.11 Å². The van der Waals surface area contributed by atoms with Gasteiger partial charge in [0, 0.05) is 0 Å². The molecule has 2 nitrogen and oxygen atoms in total. The Morgan fingerprint density at radius 2 is 1.93 bits per heavy atom. The van der Waals surface area contributed by atoms with E-state index in [1.165, 1.54) is 0 Å². The van der Waals surface area contributed by atoms with Gasteiger partial charge in [0.1, 0.15) is 5.75 Å². The van der Waals surface area contributed by atoms with Crippen molar-refractivity contribution in [3.8, 4) is 5.75 Å². The van der Waals surface area contributed by atoms with Gasteiger partial charge >= 0.3 is 0 Å². The van der Waals surface area contributed by atoms with Gasteiger partial charge in [-0.05, 0) is 31.0 Å². The first-order chi connectivity index (χ1) is 6.74. The van der Waals surface area contributed by atoms with Gasteiger partial charge in [0.05, 0.1) is 12.7 Å². The van der Waals surface area contributed by atoms with Crippen LogP contribution in [-0.4, -0.2) is 11.7 Å². The Kier molecular flexibility index (Phi) is 4.47. The molecule has 1 atom stereocenters. The number of unbranched alkanes of at least 4 members (excludes halogenated alkanes) is 1. The molecule has 0 fully saturated rings. The maximum atomic E-state index is 9.29. The summed E-state index contributed by atoms with van der Waals surface area (Å²) in [6.07, 6.45) is 1.82. The second-order valence-electron chi connectivity index (χ2n) is 3.45. The van der Waals surface area contributed by atoms with Crippen molar-refractivity contribution in [1.82, 2.24) is 0 Å². The maximum Gasteiger partial charge on any atom is 0.119 e. The third kappa shape index (κ3) is 3.38. The molecular weight excluding hydrogens is 176 g/mol. The summed E-state index contributed by atoms with van der Waals surface area (Å²) in [6.45, 7) is 4.66. The smallest absolute Gasteiger partial charge is 0.119 e. The summed E-state index contributed by atoms with van der Waals surface area (Å²) in [5.74, 6) is 0.878. The molecule has 0 spiro atoms. The summed E-state index contributed by atoms with van der Waals surface area (Å²) >= 11 is 0. The van der Waals surface area contributed by atoms with Crippen LogP contribution < -0.4 is 4.74 Å². The van der Waals surface area contributed by atoms with Crippen molar-refractivity contribution < 1.29 is 9.84 Å². The van der Waals surface area contributed by atoms with Crippen LogP contribution in [0.15, 0.2) is 24.3 Å². The molecule has 14 heavy (non-hydrogen) atoms. The van der Waals surface area contributed by atoms with Crippen LogP contribution in [0, 0.1) is 0 Å². The number of rotatable bonds is 5. The van der Waals surface area contributed by atoms with Gasteiger partial charge in [-0.25, -0.2) is 0 Å². The van der Waals surface area contributed by atoms with Gasteiger partial charge in [-0.1, -0.05) is 25.5 Å². The van der Waals surface area contributed by atoms with Crippen molar-refractivity contribution >= 4 is 0 Å². The fourth-order valence-corrected chi connectivity index (χ4v) is 1.18. The lowest BCUT2D eigenvalue weighted by molar-refractivity contribution is 0.199. The minimum Gasteiger partial charge on any atom is -0.494 e. The molecule has 0 radical (unpaired) electrons. The second kappa shape index (κ2) is 5.66. The summed E-state index contributed by atoms with van der Waals surface area (Å²) in [5.41, 5.74) is 0.924. The monoisotopic (exact) mass is 194 g/mol. The molecule has 1 aromatic carbocycles. The lowest BCUT2D eigenvalue weighted by atomic mass is 10.1. The van der Waals surface area contributed by atoms with E-state index in [-0.39, 0.29) is 0 Å². The largest absolute Gasteiger partial charge is 0.494 e. The molecule has 0 saturated carbocycles. The fourth-order valence-electron chi connectivity index (χ4n) is 1.18. The highest BCUT2D eigenvalue weighted by Gasteiger charge is 1.99. The minimum atomic E-state index is -0.403. The van der Waals surface area contributed by atoms with E-state index in [1.54, 1.807) is 6.92 Å². The van der Waals surface area contributed by atoms with E-state index in [0.717, 1.165) is 30.8 Å². The first kappa shape index (κ1) is 11.1. The molecule has 0 unspecified atom stereocenters. The van der Waals surface area contributed by atoms with Gasteiger partial charge in [0.15, 0.2) is 0 Å². The predicted molar refractivity (Wildman–Crippen MR) is 57.5 cm³/mol. The average molecular weight is 194 g/mol. The molecule has 0 aliphatic heterocycles. The molecule has 2 heteroatoms. The molecule has 0 aromatic heterocycles. The van der Waals surface area contributed by atoms with Crippen molar-refractivity contribution in [2.24, 2.45) is 0 Å². The van der Waals surface area contributed by atoms with Gasteiger partial charge < -0.3 is 9.84 Å². The number of ether oxygens (including phenoxy) is 1. The highest BCUT2D eigenvalue weighted by molar-refractivity contribution is 5.28. The van der Waals surface area contributed by atoms with Gasteiger partial charge in [-0.3, -0.25) is 0 Å². The van der Waals surface area contributed by atoms with E-state index in [0.29, 0.717) is 0 Å². The molecule has 0 bridgehead atoms. The molecule has 0 heterocycles. The van der Waals surface area contributed by atoms with E-state index >= 15 is 0 Å². The Balaban J connectivity index is 2.47. The van der Waals surface area contributed by atoms with Crippen molar-refractivity contribution in [2.45, 2.75) is 32.8 Å². The third-order valence-electron chi connectivity index (χ3n) is 2.13. The normalized spacial score (nSPS) is 12.5. The van der Waals surface area contributed by atoms with Crippen molar-refractivity contribution in [2.75, 3.05) is 6.61 Å². The maximum absolute atomic E-state index is 9.29. The number of aliphatic hydroxyl groups is 1. The molecule has 0 amide bonds. The fraction of sp³-hybridized carbons (Fsp3) is 0.500. The van der Waals surface area contributed by atoms with Gasteiger partial charge in [0.25, 0.3) is 0 Å². The predicted octanol–water partition coefficient (Wildman–Crippen LogP) is 2.92. The molecule has 1 N–H and O–H groups in total. The molecule has 1 rings (SSSR count). The first-order valence-electron chi connectivity index (χ1n) is 5.15. The van der Waals surface area contributed by atoms with Gasteiger partial charge in [0.2, 0.25) is 0 Å². The van der Waals surface area contributed by atoms with Crippen LogP contribution in [0.4, 0.5) is 0 Å². The zero-order valence-electron chi connectivity index (χ0n) is 8.86. The first-order valence-corrected chi connectivity index (χ1v) is 5.15. The topological polar surface area (TPSA) is 29.5 Å². The summed E-state index contributed by atoms with van der Waals surface area (Å²) < 4.78 is 5.50. The van der Waals surface area contributed by atoms with Crippen molar-refractivity contribution in [3.05, 3.63) is 29.8 Å². The Labute approximate surface area is 85.5 Å². The van der Waals surface area contributed by atoms with Crippen molar-refractivity contribution in [1.29, 1.82) is 0 Å². The van der Waals surface area contributed by atoms with Crippen LogP contribution in [0.1, 0.15) is 38.4 Å². The number of hydrogen-bond acceptors (Lipinski definition) is 2. The third-order valence-corrected chi connectivity index (χ3v) is 2.13. The van der Waals surface area contributed by atoms with Crippen LogP contribution in [-0.2, 0) is 0 Å². The van der Waals surface area contributed by atoms with Crippen LogP contribution in [0.2, 0.25) is 0 Å². The van der Waals surface area contributed by atoms with E-state index < -0.39 is 6.10 Å². The lowest BCUT2D eigenvalue weighted by Crippen LogP contribution is -1.97. The van der Waals surface area contributed by atoms with Crippen molar-refractivity contribution in [3.63, 3.8) is 0 Å². The molecule has 78 valence electrons. The Morgan fingerprint density at radius 1 is 1.29 bits per heavy atom. The van der Waals surface area contributed by atoms with Crippen LogP contribution in [0.25, 0.3) is 0 Å². The quantitative estimate of drug-likeness (QED) is 0.730. The van der Waals surface area contributed by atoms with Crippen LogP contribution in [0.3, 0.4) is 0 Å². The summed E-state index contributed by atoms with van der Waals surface area (Å²) in [6, 6.07) is 7.59. The standard InChI is InChI=1S/C12H18O2/c1-3-4-9-14-12-7-5-11(6-8-12)10(2)13/h5-8,10,13H,3-4,9H2,1-2H3/t10-/m0/s1. The summed E-state index contributed by atoms with van der Waals surface area (Å²) in [5, 5.41) is 9.29. The van der Waals surface area contributed by atoms with Crippen LogP contribution in [0.5, 0.6) is 5.75 Å². The zero-order valence-corrected chi connectivity index (χ0v) is 8.86. The molecule has 0 aliphatic rings. The Morgan fingerprint density at radius 3 is 2.43 bits per heavy atom. The van der Waals surface area contributed by atoms with E-state index in [2.05, 4.69) is 6.92 Å². The molecule has 0 aliphatic carbocycles. The SMILES string of the molecule is CCCCOc1ccc([C@H](C)O)cc1. The number of hydrogen-bond donors (Lipinski definition) is 1.